The number of hydrogen-bond acceptors (Lipinski definition) is 1. The van der Waals surface area contributed by atoms with Gasteiger partial charge in [0.1, 0.15) is 5.67 Å². The highest BCUT2D eigenvalue weighted by molar-refractivity contribution is 4.88. The molecule has 0 aliphatic carbocycles. The van der Waals surface area contributed by atoms with Crippen LogP contribution in [-0.2, 0) is 0 Å². The third kappa shape index (κ3) is 1.19. The van der Waals surface area contributed by atoms with E-state index in [1.807, 2.05) is 6.92 Å². The summed E-state index contributed by atoms with van der Waals surface area (Å²) in [5, 5.41) is 3.03. The smallest absolute Gasteiger partial charge is 0.122 e. The molecule has 1 N–H and O–H groups in total. The molecule has 0 amide bonds. The summed E-state index contributed by atoms with van der Waals surface area (Å²) in [5.41, 5.74) is -0.945. The molecule has 48 valence electrons. The van der Waals surface area contributed by atoms with E-state index in [-0.39, 0.29) is 0 Å². The lowest BCUT2D eigenvalue weighted by molar-refractivity contribution is 0.215. The van der Waals surface area contributed by atoms with Crippen LogP contribution in [0.1, 0.15) is 20.3 Å². The van der Waals surface area contributed by atoms with Crippen LogP contribution in [0.4, 0.5) is 4.39 Å². The summed E-state index contributed by atoms with van der Waals surface area (Å²) >= 11 is 0. The molecule has 0 aromatic rings. The minimum atomic E-state index is -0.945. The van der Waals surface area contributed by atoms with E-state index in [4.69, 9.17) is 0 Å². The fraction of sp³-hybridized carbons (Fsp3) is 1.00. The lowest BCUT2D eigenvalue weighted by atomic mass is 10.1. The lowest BCUT2D eigenvalue weighted by Crippen LogP contribution is -2.21. The summed E-state index contributed by atoms with van der Waals surface area (Å²) in [6.45, 7) is 4.17. The topological polar surface area (TPSA) is 12.0 Å². The summed E-state index contributed by atoms with van der Waals surface area (Å²) in [6.07, 6.45) is 0.660. The van der Waals surface area contributed by atoms with Crippen LogP contribution >= 0.6 is 0 Å². The number of alkyl halides is 1. The first-order valence-electron chi connectivity index (χ1n) is 3.02. The molecular formula is C6H12FN. The van der Waals surface area contributed by atoms with Crippen LogP contribution in [0.5, 0.6) is 0 Å². The maximum Gasteiger partial charge on any atom is 0.122 e. The van der Waals surface area contributed by atoms with Crippen molar-refractivity contribution < 1.29 is 4.39 Å². The standard InChI is InChI=1S/C6H12FN/c1-5-3-6(2,7)4-8-5/h5,8H,3-4H2,1-2H3/t5-,6?/m1/s1. The highest BCUT2D eigenvalue weighted by Gasteiger charge is 2.31. The predicted octanol–water partition coefficient (Wildman–Crippen LogP) is 1.10. The van der Waals surface area contributed by atoms with Crippen LogP contribution < -0.4 is 5.32 Å². The fourth-order valence-corrected chi connectivity index (χ4v) is 1.17. The molecular weight excluding hydrogens is 105 g/mol. The van der Waals surface area contributed by atoms with E-state index in [2.05, 4.69) is 5.32 Å². The summed E-state index contributed by atoms with van der Waals surface area (Å²) in [4.78, 5) is 0. The second-order valence-corrected chi connectivity index (χ2v) is 2.90. The molecule has 1 unspecified atom stereocenters. The Morgan fingerprint density at radius 1 is 1.75 bits per heavy atom. The molecule has 1 fully saturated rings. The summed E-state index contributed by atoms with van der Waals surface area (Å²) < 4.78 is 12.8. The van der Waals surface area contributed by atoms with Gasteiger partial charge in [-0.05, 0) is 20.3 Å². The first kappa shape index (κ1) is 6.02. The van der Waals surface area contributed by atoms with Gasteiger partial charge in [-0.1, -0.05) is 0 Å². The van der Waals surface area contributed by atoms with Crippen molar-refractivity contribution >= 4 is 0 Å². The van der Waals surface area contributed by atoms with Crippen LogP contribution in [0.3, 0.4) is 0 Å². The molecule has 0 spiro atoms. The van der Waals surface area contributed by atoms with Crippen molar-refractivity contribution in [3.63, 3.8) is 0 Å². The first-order chi connectivity index (χ1) is 3.60. The van der Waals surface area contributed by atoms with E-state index in [9.17, 15) is 4.39 Å². The molecule has 1 heterocycles. The Morgan fingerprint density at radius 3 is 2.50 bits per heavy atom. The zero-order chi connectivity index (χ0) is 6.20. The molecule has 1 rings (SSSR count). The Balaban J connectivity index is 2.44. The van der Waals surface area contributed by atoms with Gasteiger partial charge >= 0.3 is 0 Å². The highest BCUT2D eigenvalue weighted by Crippen LogP contribution is 2.21. The van der Waals surface area contributed by atoms with Crippen molar-refractivity contribution in [1.29, 1.82) is 0 Å². The van der Waals surface area contributed by atoms with Crippen LogP contribution in [0.25, 0.3) is 0 Å². The molecule has 2 heteroatoms. The zero-order valence-electron chi connectivity index (χ0n) is 5.37. The molecule has 0 aromatic heterocycles. The molecule has 0 bridgehead atoms. The Kier molecular flexibility index (Phi) is 1.27. The maximum absolute atomic E-state index is 12.8. The average molecular weight is 117 g/mol. The van der Waals surface area contributed by atoms with Gasteiger partial charge in [0, 0.05) is 12.6 Å². The largest absolute Gasteiger partial charge is 0.311 e. The number of hydrogen-bond donors (Lipinski definition) is 1. The molecule has 1 aliphatic heterocycles. The van der Waals surface area contributed by atoms with Crippen LogP contribution in [-0.4, -0.2) is 18.3 Å². The van der Waals surface area contributed by atoms with E-state index in [0.717, 1.165) is 0 Å². The Hall–Kier alpha value is -0.110. The molecule has 2 atom stereocenters. The molecule has 0 radical (unpaired) electrons. The van der Waals surface area contributed by atoms with E-state index in [0.29, 0.717) is 19.0 Å². The van der Waals surface area contributed by atoms with Crippen molar-refractivity contribution in [3.8, 4) is 0 Å². The van der Waals surface area contributed by atoms with Crippen molar-refractivity contribution in [2.75, 3.05) is 6.54 Å². The van der Waals surface area contributed by atoms with Gasteiger partial charge in [-0.25, -0.2) is 4.39 Å². The predicted molar refractivity (Wildman–Crippen MR) is 31.6 cm³/mol. The minimum Gasteiger partial charge on any atom is -0.311 e. The van der Waals surface area contributed by atoms with Crippen molar-refractivity contribution in [2.24, 2.45) is 0 Å². The van der Waals surface area contributed by atoms with Gasteiger partial charge in [-0.3, -0.25) is 0 Å². The van der Waals surface area contributed by atoms with E-state index >= 15 is 0 Å². The van der Waals surface area contributed by atoms with Gasteiger partial charge < -0.3 is 5.32 Å². The summed E-state index contributed by atoms with van der Waals surface area (Å²) in [5.74, 6) is 0. The second kappa shape index (κ2) is 1.69. The zero-order valence-corrected chi connectivity index (χ0v) is 5.37. The van der Waals surface area contributed by atoms with Crippen molar-refractivity contribution in [1.82, 2.24) is 5.32 Å². The SMILES string of the molecule is C[C@@H]1CC(C)(F)CN1. The first-order valence-corrected chi connectivity index (χ1v) is 3.02. The fourth-order valence-electron chi connectivity index (χ4n) is 1.17. The number of nitrogens with one attached hydrogen (secondary N) is 1. The monoisotopic (exact) mass is 117 g/mol. The van der Waals surface area contributed by atoms with Gasteiger partial charge in [0.15, 0.2) is 0 Å². The van der Waals surface area contributed by atoms with Gasteiger partial charge in [0.2, 0.25) is 0 Å². The normalized spacial score (nSPS) is 47.6. The van der Waals surface area contributed by atoms with E-state index < -0.39 is 5.67 Å². The minimum absolute atomic E-state index is 0.366. The average Bonchev–Trinajstić information content (AvgIpc) is 1.82. The number of halogens is 1. The van der Waals surface area contributed by atoms with Crippen LogP contribution in [0, 0.1) is 0 Å². The van der Waals surface area contributed by atoms with E-state index in [1.165, 1.54) is 0 Å². The third-order valence-corrected chi connectivity index (χ3v) is 1.55. The van der Waals surface area contributed by atoms with Gasteiger partial charge in [-0.15, -0.1) is 0 Å². The molecule has 1 aliphatic rings. The highest BCUT2D eigenvalue weighted by atomic mass is 19.1. The van der Waals surface area contributed by atoms with Crippen LogP contribution in [0.2, 0.25) is 0 Å². The molecule has 8 heavy (non-hydrogen) atoms. The van der Waals surface area contributed by atoms with Crippen LogP contribution in [0.15, 0.2) is 0 Å². The Labute approximate surface area is 49.3 Å². The second-order valence-electron chi connectivity index (χ2n) is 2.90. The van der Waals surface area contributed by atoms with Gasteiger partial charge in [-0.2, -0.15) is 0 Å². The summed E-state index contributed by atoms with van der Waals surface area (Å²) in [7, 11) is 0. The maximum atomic E-state index is 12.8. The summed E-state index contributed by atoms with van der Waals surface area (Å²) in [6, 6.07) is 0.366. The van der Waals surface area contributed by atoms with Crippen molar-refractivity contribution in [2.45, 2.75) is 32.0 Å². The quantitative estimate of drug-likeness (QED) is 0.501. The molecule has 0 saturated carbocycles. The number of rotatable bonds is 0. The Morgan fingerprint density at radius 2 is 2.38 bits per heavy atom. The van der Waals surface area contributed by atoms with E-state index in [1.54, 1.807) is 6.92 Å². The third-order valence-electron chi connectivity index (χ3n) is 1.55. The Bertz CT molecular complexity index is 90.5. The van der Waals surface area contributed by atoms with Gasteiger partial charge in [0.05, 0.1) is 0 Å². The van der Waals surface area contributed by atoms with Crippen molar-refractivity contribution in [3.05, 3.63) is 0 Å². The van der Waals surface area contributed by atoms with Gasteiger partial charge in [0.25, 0.3) is 0 Å². The molecule has 0 aromatic carbocycles. The lowest BCUT2D eigenvalue weighted by Gasteiger charge is -2.08. The molecule has 1 nitrogen and oxygen atoms in total. The molecule has 1 saturated heterocycles.